The van der Waals surface area contributed by atoms with E-state index < -0.39 is 23.4 Å². The maximum absolute atomic E-state index is 13.2. The summed E-state index contributed by atoms with van der Waals surface area (Å²) in [6.07, 6.45) is 0.360. The van der Waals surface area contributed by atoms with Gasteiger partial charge >= 0.3 is 6.03 Å². The van der Waals surface area contributed by atoms with E-state index in [0.29, 0.717) is 23.4 Å². The van der Waals surface area contributed by atoms with Crippen LogP contribution in [0.3, 0.4) is 0 Å². The van der Waals surface area contributed by atoms with Gasteiger partial charge in [-0.05, 0) is 55.2 Å². The second kappa shape index (κ2) is 7.95. The van der Waals surface area contributed by atoms with E-state index in [1.165, 1.54) is 0 Å². The van der Waals surface area contributed by atoms with E-state index in [9.17, 15) is 14.4 Å². The molecule has 2 aromatic carbocycles. The van der Waals surface area contributed by atoms with Crippen LogP contribution < -0.4 is 15.4 Å². The van der Waals surface area contributed by atoms with E-state index in [1.807, 2.05) is 32.9 Å². The molecular formula is C22H25N3O4. The van der Waals surface area contributed by atoms with Crippen LogP contribution in [-0.4, -0.2) is 36.4 Å². The van der Waals surface area contributed by atoms with Crippen LogP contribution in [0.25, 0.3) is 0 Å². The monoisotopic (exact) mass is 395 g/mol. The molecule has 0 spiro atoms. The van der Waals surface area contributed by atoms with Crippen molar-refractivity contribution in [3.63, 3.8) is 0 Å². The summed E-state index contributed by atoms with van der Waals surface area (Å²) in [6.45, 7) is 5.33. The number of methoxy groups -OCH3 is 1. The molecule has 1 saturated heterocycles. The SMILES string of the molecule is CC[C@]1(c2ccc(OC)cc2)NC(=O)N(CC(=O)Nc2cccc(C)c2C)C1=O. The molecule has 0 bridgehead atoms. The van der Waals surface area contributed by atoms with Crippen molar-refractivity contribution in [1.29, 1.82) is 0 Å². The Morgan fingerprint density at radius 3 is 2.45 bits per heavy atom. The smallest absolute Gasteiger partial charge is 0.325 e. The summed E-state index contributed by atoms with van der Waals surface area (Å²) in [4.78, 5) is 39.2. The Bertz CT molecular complexity index is 955. The maximum Gasteiger partial charge on any atom is 0.325 e. The predicted molar refractivity (Wildman–Crippen MR) is 110 cm³/mol. The molecular weight excluding hydrogens is 370 g/mol. The van der Waals surface area contributed by atoms with Gasteiger partial charge in [-0.25, -0.2) is 4.79 Å². The fourth-order valence-electron chi connectivity index (χ4n) is 3.50. The highest BCUT2D eigenvalue weighted by Gasteiger charge is 2.51. The van der Waals surface area contributed by atoms with Crippen LogP contribution in [0.4, 0.5) is 10.5 Å². The number of anilines is 1. The summed E-state index contributed by atoms with van der Waals surface area (Å²) in [5.41, 5.74) is 2.11. The lowest BCUT2D eigenvalue weighted by Gasteiger charge is -2.26. The number of hydrogen-bond acceptors (Lipinski definition) is 4. The molecule has 7 nitrogen and oxygen atoms in total. The van der Waals surface area contributed by atoms with Gasteiger partial charge in [0.2, 0.25) is 5.91 Å². The van der Waals surface area contributed by atoms with Gasteiger partial charge in [0, 0.05) is 5.69 Å². The van der Waals surface area contributed by atoms with E-state index >= 15 is 0 Å². The van der Waals surface area contributed by atoms with Crippen LogP contribution in [0.15, 0.2) is 42.5 Å². The Kier molecular flexibility index (Phi) is 5.59. The van der Waals surface area contributed by atoms with E-state index in [4.69, 9.17) is 4.74 Å². The van der Waals surface area contributed by atoms with Gasteiger partial charge in [0.1, 0.15) is 17.8 Å². The summed E-state index contributed by atoms with van der Waals surface area (Å²) < 4.78 is 5.16. The molecule has 0 saturated carbocycles. The normalized spacial score (nSPS) is 18.6. The molecule has 0 aliphatic carbocycles. The van der Waals surface area contributed by atoms with Gasteiger partial charge in [0.05, 0.1) is 7.11 Å². The zero-order chi connectivity index (χ0) is 21.2. The number of nitrogens with zero attached hydrogens (tertiary/aromatic N) is 1. The number of aryl methyl sites for hydroxylation is 1. The molecule has 152 valence electrons. The molecule has 0 unspecified atom stereocenters. The van der Waals surface area contributed by atoms with Crippen molar-refractivity contribution in [2.75, 3.05) is 19.0 Å². The first kappa shape index (κ1) is 20.4. The van der Waals surface area contributed by atoms with Crippen LogP contribution in [0.2, 0.25) is 0 Å². The van der Waals surface area contributed by atoms with Crippen LogP contribution in [0.5, 0.6) is 5.75 Å². The number of hydrogen-bond donors (Lipinski definition) is 2. The number of nitrogens with one attached hydrogen (secondary N) is 2. The topological polar surface area (TPSA) is 87.7 Å². The summed E-state index contributed by atoms with van der Waals surface area (Å²) in [7, 11) is 1.56. The van der Waals surface area contributed by atoms with Gasteiger partial charge in [-0.2, -0.15) is 0 Å². The molecule has 0 aromatic heterocycles. The molecule has 1 atom stereocenters. The highest BCUT2D eigenvalue weighted by atomic mass is 16.5. The Morgan fingerprint density at radius 2 is 1.83 bits per heavy atom. The van der Waals surface area contributed by atoms with Crippen molar-refractivity contribution in [2.24, 2.45) is 0 Å². The Morgan fingerprint density at radius 1 is 1.14 bits per heavy atom. The standard InChI is InChI=1S/C22H25N3O4/c1-5-22(16-9-11-17(29-4)12-10-16)20(27)25(21(28)24-22)13-19(26)23-18-8-6-7-14(2)15(18)3/h6-12H,5,13H2,1-4H3,(H,23,26)(H,24,28)/t22-/m1/s1. The Labute approximate surface area is 170 Å². The number of rotatable bonds is 6. The van der Waals surface area contributed by atoms with Crippen molar-refractivity contribution < 1.29 is 19.1 Å². The number of benzene rings is 2. The molecule has 29 heavy (non-hydrogen) atoms. The zero-order valence-corrected chi connectivity index (χ0v) is 17.0. The summed E-state index contributed by atoms with van der Waals surface area (Å²) in [5.74, 6) is -0.211. The van der Waals surface area contributed by atoms with Crippen LogP contribution >= 0.6 is 0 Å². The van der Waals surface area contributed by atoms with Crippen molar-refractivity contribution in [3.8, 4) is 5.75 Å². The molecule has 1 aliphatic heterocycles. The van der Waals surface area contributed by atoms with Crippen LogP contribution in [0, 0.1) is 13.8 Å². The number of carbonyl (C=O) groups is 3. The molecule has 1 fully saturated rings. The van der Waals surface area contributed by atoms with Gasteiger partial charge in [-0.15, -0.1) is 0 Å². The fraction of sp³-hybridized carbons (Fsp3) is 0.318. The lowest BCUT2D eigenvalue weighted by molar-refractivity contribution is -0.134. The van der Waals surface area contributed by atoms with E-state index in [0.717, 1.165) is 16.0 Å². The maximum atomic E-state index is 13.2. The summed E-state index contributed by atoms with van der Waals surface area (Å²) in [5, 5.41) is 5.57. The first-order chi connectivity index (χ1) is 13.8. The minimum absolute atomic E-state index is 0.351. The third kappa shape index (κ3) is 3.68. The van der Waals surface area contributed by atoms with E-state index in [1.54, 1.807) is 37.4 Å². The van der Waals surface area contributed by atoms with Gasteiger partial charge in [-0.1, -0.05) is 31.2 Å². The van der Waals surface area contributed by atoms with Gasteiger partial charge in [0.25, 0.3) is 5.91 Å². The predicted octanol–water partition coefficient (Wildman–Crippen LogP) is 3.11. The third-order valence-corrected chi connectivity index (χ3v) is 5.47. The number of amides is 4. The molecule has 2 N–H and O–H groups in total. The Hall–Kier alpha value is -3.35. The number of carbonyl (C=O) groups excluding carboxylic acids is 3. The minimum atomic E-state index is -1.19. The molecule has 2 aromatic rings. The van der Waals surface area contributed by atoms with E-state index in [2.05, 4.69) is 10.6 Å². The summed E-state index contributed by atoms with van der Waals surface area (Å²) in [6, 6.07) is 12.0. The fourth-order valence-corrected chi connectivity index (χ4v) is 3.50. The Balaban J connectivity index is 1.80. The quantitative estimate of drug-likeness (QED) is 0.736. The van der Waals surface area contributed by atoms with Crippen molar-refractivity contribution in [2.45, 2.75) is 32.7 Å². The first-order valence-corrected chi connectivity index (χ1v) is 9.47. The lowest BCUT2D eigenvalue weighted by Crippen LogP contribution is -2.44. The molecule has 3 rings (SSSR count). The highest BCUT2D eigenvalue weighted by Crippen LogP contribution is 2.33. The average Bonchev–Trinajstić information content (AvgIpc) is 2.96. The van der Waals surface area contributed by atoms with Crippen molar-refractivity contribution in [3.05, 3.63) is 59.2 Å². The largest absolute Gasteiger partial charge is 0.497 e. The van der Waals surface area contributed by atoms with Crippen molar-refractivity contribution in [1.82, 2.24) is 10.2 Å². The van der Waals surface area contributed by atoms with Gasteiger partial charge < -0.3 is 15.4 Å². The molecule has 7 heteroatoms. The highest BCUT2D eigenvalue weighted by molar-refractivity contribution is 6.10. The summed E-state index contributed by atoms with van der Waals surface area (Å²) >= 11 is 0. The average molecular weight is 395 g/mol. The number of imide groups is 1. The lowest BCUT2D eigenvalue weighted by atomic mass is 9.87. The number of ether oxygens (including phenoxy) is 1. The molecule has 0 radical (unpaired) electrons. The molecule has 4 amide bonds. The van der Waals surface area contributed by atoms with E-state index in [-0.39, 0.29) is 6.54 Å². The second-order valence-electron chi connectivity index (χ2n) is 7.10. The minimum Gasteiger partial charge on any atom is -0.497 e. The molecule has 1 heterocycles. The van der Waals surface area contributed by atoms with Gasteiger partial charge in [0.15, 0.2) is 0 Å². The zero-order valence-electron chi connectivity index (χ0n) is 17.0. The third-order valence-electron chi connectivity index (χ3n) is 5.47. The van der Waals surface area contributed by atoms with Gasteiger partial charge in [-0.3, -0.25) is 14.5 Å². The van der Waals surface area contributed by atoms with Crippen molar-refractivity contribution >= 4 is 23.5 Å². The second-order valence-corrected chi connectivity index (χ2v) is 7.10. The molecule has 1 aliphatic rings. The van der Waals surface area contributed by atoms with Crippen LogP contribution in [-0.2, 0) is 15.1 Å². The van der Waals surface area contributed by atoms with Crippen LogP contribution in [0.1, 0.15) is 30.0 Å². The number of urea groups is 1. The first-order valence-electron chi connectivity index (χ1n) is 9.47.